The average Bonchev–Trinajstić information content (AvgIpc) is 2.97. The molecular weight excluding hydrogens is 266 g/mol. The molecule has 1 aromatic carbocycles. The number of nitrogens with one attached hydrogen (secondary N) is 2. The summed E-state index contributed by atoms with van der Waals surface area (Å²) in [7, 11) is 0. The molecule has 1 fully saturated rings. The number of nitrogens with zero attached hydrogens (tertiary/aromatic N) is 1. The summed E-state index contributed by atoms with van der Waals surface area (Å²) in [5.74, 6) is -0.132. The Hall–Kier alpha value is -2.11. The van der Waals surface area contributed by atoms with Crippen LogP contribution in [0.2, 0.25) is 0 Å². The van der Waals surface area contributed by atoms with Crippen LogP contribution in [0.1, 0.15) is 6.92 Å². The molecule has 0 radical (unpaired) electrons. The minimum absolute atomic E-state index is 0.0753. The predicted octanol–water partition coefficient (Wildman–Crippen LogP) is 1.79. The standard InChI is InChI=1S/C16H19N3O2/c1-16(11-17-12-16)21-10-15(20)18-13-5-4-6-14(9-13)19-7-2-3-8-19/h2-9,17H,10-12H2,1H3,(H,18,20). The Morgan fingerprint density at radius 2 is 2.10 bits per heavy atom. The molecule has 0 atom stereocenters. The van der Waals surface area contributed by atoms with E-state index in [-0.39, 0.29) is 18.1 Å². The van der Waals surface area contributed by atoms with E-state index in [1.807, 2.05) is 60.3 Å². The van der Waals surface area contributed by atoms with Gasteiger partial charge in [-0.05, 0) is 37.3 Å². The molecule has 1 aliphatic heterocycles. The van der Waals surface area contributed by atoms with Gasteiger partial charge in [-0.15, -0.1) is 0 Å². The lowest BCUT2D eigenvalue weighted by Crippen LogP contribution is -2.59. The lowest BCUT2D eigenvalue weighted by Gasteiger charge is -2.38. The molecule has 0 aliphatic carbocycles. The van der Waals surface area contributed by atoms with Gasteiger partial charge in [0.05, 0.1) is 5.60 Å². The summed E-state index contributed by atoms with van der Waals surface area (Å²) in [4.78, 5) is 11.9. The lowest BCUT2D eigenvalue weighted by atomic mass is 10.0. The molecule has 1 saturated heterocycles. The fraction of sp³-hybridized carbons (Fsp3) is 0.312. The third-order valence-electron chi connectivity index (χ3n) is 3.58. The fourth-order valence-corrected chi connectivity index (χ4v) is 2.27. The van der Waals surface area contributed by atoms with E-state index >= 15 is 0 Å². The van der Waals surface area contributed by atoms with Gasteiger partial charge in [0, 0.05) is 36.9 Å². The maximum Gasteiger partial charge on any atom is 0.250 e. The van der Waals surface area contributed by atoms with Crippen LogP contribution in [0.3, 0.4) is 0 Å². The van der Waals surface area contributed by atoms with Crippen molar-refractivity contribution in [3.63, 3.8) is 0 Å². The quantitative estimate of drug-likeness (QED) is 0.880. The molecule has 1 aromatic heterocycles. The first-order valence-electron chi connectivity index (χ1n) is 7.03. The van der Waals surface area contributed by atoms with Crippen LogP contribution in [0.4, 0.5) is 5.69 Å². The second-order valence-corrected chi connectivity index (χ2v) is 5.53. The Labute approximate surface area is 123 Å². The van der Waals surface area contributed by atoms with Gasteiger partial charge < -0.3 is 19.9 Å². The van der Waals surface area contributed by atoms with Crippen molar-refractivity contribution < 1.29 is 9.53 Å². The molecule has 110 valence electrons. The van der Waals surface area contributed by atoms with Crippen molar-refractivity contribution in [3.05, 3.63) is 48.8 Å². The lowest BCUT2D eigenvalue weighted by molar-refractivity contribution is -0.130. The second-order valence-electron chi connectivity index (χ2n) is 5.53. The molecule has 0 bridgehead atoms. The molecule has 2 heterocycles. The number of hydrogen-bond acceptors (Lipinski definition) is 3. The summed E-state index contributed by atoms with van der Waals surface area (Å²) in [6.07, 6.45) is 3.93. The van der Waals surface area contributed by atoms with Crippen LogP contribution in [-0.2, 0) is 9.53 Å². The first kappa shape index (κ1) is 13.9. The van der Waals surface area contributed by atoms with E-state index < -0.39 is 0 Å². The van der Waals surface area contributed by atoms with E-state index in [1.54, 1.807) is 0 Å². The minimum Gasteiger partial charge on any atom is -0.363 e. The normalized spacial score (nSPS) is 16.2. The highest BCUT2D eigenvalue weighted by Crippen LogP contribution is 2.17. The fourth-order valence-electron chi connectivity index (χ4n) is 2.27. The van der Waals surface area contributed by atoms with Gasteiger partial charge in [0.15, 0.2) is 0 Å². The third kappa shape index (κ3) is 3.32. The van der Waals surface area contributed by atoms with Gasteiger partial charge in [0.2, 0.25) is 5.91 Å². The number of ether oxygens (including phenoxy) is 1. The Bertz CT molecular complexity index is 618. The van der Waals surface area contributed by atoms with Crippen LogP contribution < -0.4 is 10.6 Å². The van der Waals surface area contributed by atoms with Crippen molar-refractivity contribution in [1.82, 2.24) is 9.88 Å². The predicted molar refractivity (Wildman–Crippen MR) is 81.6 cm³/mol. The Balaban J connectivity index is 1.59. The van der Waals surface area contributed by atoms with Crippen molar-refractivity contribution in [1.29, 1.82) is 0 Å². The van der Waals surface area contributed by atoms with Crippen molar-refractivity contribution in [3.8, 4) is 5.69 Å². The molecule has 2 N–H and O–H groups in total. The Kier molecular flexibility index (Phi) is 3.77. The SMILES string of the molecule is CC1(OCC(=O)Nc2cccc(-n3cccc3)c2)CNC1. The zero-order valence-corrected chi connectivity index (χ0v) is 12.0. The summed E-state index contributed by atoms with van der Waals surface area (Å²) in [6.45, 7) is 3.67. The Morgan fingerprint density at radius 3 is 2.76 bits per heavy atom. The first-order valence-corrected chi connectivity index (χ1v) is 7.03. The number of hydrogen-bond donors (Lipinski definition) is 2. The molecule has 0 spiro atoms. The maximum atomic E-state index is 11.9. The highest BCUT2D eigenvalue weighted by molar-refractivity contribution is 5.92. The summed E-state index contributed by atoms with van der Waals surface area (Å²) >= 11 is 0. The smallest absolute Gasteiger partial charge is 0.250 e. The monoisotopic (exact) mass is 285 g/mol. The average molecular weight is 285 g/mol. The van der Waals surface area contributed by atoms with Gasteiger partial charge in [0.1, 0.15) is 6.61 Å². The summed E-state index contributed by atoms with van der Waals surface area (Å²) in [6, 6.07) is 11.6. The number of rotatable bonds is 5. The molecule has 2 aromatic rings. The summed E-state index contributed by atoms with van der Waals surface area (Å²) in [5.41, 5.74) is 1.57. The van der Waals surface area contributed by atoms with Crippen LogP contribution in [-0.4, -0.2) is 35.8 Å². The number of carbonyl (C=O) groups is 1. The largest absolute Gasteiger partial charge is 0.363 e. The molecular formula is C16H19N3O2. The van der Waals surface area contributed by atoms with Gasteiger partial charge in [-0.25, -0.2) is 0 Å². The van der Waals surface area contributed by atoms with E-state index in [2.05, 4.69) is 10.6 Å². The molecule has 0 unspecified atom stereocenters. The number of anilines is 1. The zero-order valence-electron chi connectivity index (χ0n) is 12.0. The Morgan fingerprint density at radius 1 is 1.33 bits per heavy atom. The van der Waals surface area contributed by atoms with E-state index in [1.165, 1.54) is 0 Å². The molecule has 3 rings (SSSR count). The van der Waals surface area contributed by atoms with E-state index in [0.717, 1.165) is 24.5 Å². The van der Waals surface area contributed by atoms with Crippen LogP contribution in [0.25, 0.3) is 5.69 Å². The van der Waals surface area contributed by atoms with Crippen molar-refractivity contribution >= 4 is 11.6 Å². The minimum atomic E-state index is -0.204. The van der Waals surface area contributed by atoms with Gasteiger partial charge in [0.25, 0.3) is 0 Å². The molecule has 5 heteroatoms. The van der Waals surface area contributed by atoms with Crippen LogP contribution in [0, 0.1) is 0 Å². The van der Waals surface area contributed by atoms with E-state index in [4.69, 9.17) is 4.74 Å². The van der Waals surface area contributed by atoms with Crippen molar-refractivity contribution in [2.75, 3.05) is 25.0 Å². The van der Waals surface area contributed by atoms with Crippen LogP contribution in [0.15, 0.2) is 48.8 Å². The third-order valence-corrected chi connectivity index (χ3v) is 3.58. The van der Waals surface area contributed by atoms with E-state index in [0.29, 0.717) is 0 Å². The van der Waals surface area contributed by atoms with Crippen molar-refractivity contribution in [2.45, 2.75) is 12.5 Å². The first-order chi connectivity index (χ1) is 10.1. The summed E-state index contributed by atoms with van der Waals surface area (Å²) in [5, 5.41) is 6.01. The van der Waals surface area contributed by atoms with Gasteiger partial charge in [-0.2, -0.15) is 0 Å². The van der Waals surface area contributed by atoms with E-state index in [9.17, 15) is 4.79 Å². The highest BCUT2D eigenvalue weighted by Gasteiger charge is 2.32. The van der Waals surface area contributed by atoms with Gasteiger partial charge in [-0.1, -0.05) is 6.07 Å². The van der Waals surface area contributed by atoms with Crippen molar-refractivity contribution in [2.24, 2.45) is 0 Å². The number of aromatic nitrogens is 1. The zero-order chi connectivity index (χ0) is 14.7. The highest BCUT2D eigenvalue weighted by atomic mass is 16.5. The van der Waals surface area contributed by atoms with Crippen LogP contribution >= 0.6 is 0 Å². The van der Waals surface area contributed by atoms with Gasteiger partial charge in [-0.3, -0.25) is 4.79 Å². The maximum absolute atomic E-state index is 11.9. The van der Waals surface area contributed by atoms with Crippen LogP contribution in [0.5, 0.6) is 0 Å². The molecule has 1 amide bonds. The topological polar surface area (TPSA) is 55.3 Å². The number of amides is 1. The number of carbonyl (C=O) groups excluding carboxylic acids is 1. The molecule has 1 aliphatic rings. The second kappa shape index (κ2) is 5.71. The molecule has 21 heavy (non-hydrogen) atoms. The number of benzene rings is 1. The molecule has 0 saturated carbocycles. The van der Waals surface area contributed by atoms with Gasteiger partial charge >= 0.3 is 0 Å². The molecule has 5 nitrogen and oxygen atoms in total. The summed E-state index contributed by atoms with van der Waals surface area (Å²) < 4.78 is 7.62.